The van der Waals surface area contributed by atoms with Crippen LogP contribution in [-0.4, -0.2) is 5.97 Å². The minimum Gasteiger partial charge on any atom is -0.457 e. The maximum Gasteiger partial charge on any atom is 0.339 e. The fourth-order valence-electron chi connectivity index (χ4n) is 1.60. The number of benzene rings is 2. The van der Waals surface area contributed by atoms with Gasteiger partial charge in [-0.1, -0.05) is 23.7 Å². The summed E-state index contributed by atoms with van der Waals surface area (Å²) in [7, 11) is 0. The third-order valence-electron chi connectivity index (χ3n) is 2.70. The first kappa shape index (κ1) is 15.7. The molecule has 2 N–H and O–H groups in total. The molecule has 2 aromatic rings. The topological polar surface area (TPSA) is 52.3 Å². The van der Waals surface area contributed by atoms with Crippen molar-refractivity contribution >= 4 is 39.2 Å². The molecule has 0 unspecified atom stereocenters. The molecule has 110 valence electrons. The molecule has 7 heteroatoms. The lowest BCUT2D eigenvalue weighted by Crippen LogP contribution is -2.08. The number of anilines is 1. The van der Waals surface area contributed by atoms with Crippen LogP contribution < -0.4 is 5.73 Å². The quantitative estimate of drug-likeness (QED) is 0.641. The molecule has 0 spiro atoms. The second-order valence-corrected chi connectivity index (χ2v) is 5.40. The molecule has 0 aromatic heterocycles. The van der Waals surface area contributed by atoms with Crippen molar-refractivity contribution in [1.82, 2.24) is 0 Å². The van der Waals surface area contributed by atoms with Gasteiger partial charge >= 0.3 is 5.97 Å². The van der Waals surface area contributed by atoms with Gasteiger partial charge in [0.1, 0.15) is 18.2 Å². The predicted octanol–water partition coefficient (Wildman–Crippen LogP) is 4.32. The number of hydrogen-bond donors (Lipinski definition) is 1. The van der Waals surface area contributed by atoms with E-state index in [4.69, 9.17) is 22.1 Å². The van der Waals surface area contributed by atoms with Crippen LogP contribution in [0.25, 0.3) is 0 Å². The maximum atomic E-state index is 13.6. The van der Waals surface area contributed by atoms with Gasteiger partial charge in [0.2, 0.25) is 0 Å². The third-order valence-corrected chi connectivity index (χ3v) is 3.64. The van der Waals surface area contributed by atoms with Crippen molar-refractivity contribution in [2.24, 2.45) is 0 Å². The van der Waals surface area contributed by atoms with Crippen LogP contribution in [0.1, 0.15) is 15.9 Å². The fourth-order valence-corrected chi connectivity index (χ4v) is 2.27. The fraction of sp³-hybridized carbons (Fsp3) is 0.0714. The van der Waals surface area contributed by atoms with E-state index in [1.165, 1.54) is 12.1 Å². The molecule has 0 heterocycles. The highest BCUT2D eigenvalue weighted by atomic mass is 79.9. The number of carbonyl (C=O) groups excluding carboxylic acids is 1. The van der Waals surface area contributed by atoms with Crippen LogP contribution in [-0.2, 0) is 11.3 Å². The van der Waals surface area contributed by atoms with E-state index in [-0.39, 0.29) is 32.9 Å². The van der Waals surface area contributed by atoms with Gasteiger partial charge in [0.15, 0.2) is 0 Å². The highest BCUT2D eigenvalue weighted by Gasteiger charge is 2.16. The smallest absolute Gasteiger partial charge is 0.339 e. The molecule has 0 radical (unpaired) electrons. The Kier molecular flexibility index (Phi) is 4.80. The van der Waals surface area contributed by atoms with Crippen LogP contribution in [0.15, 0.2) is 34.8 Å². The Morgan fingerprint density at radius 3 is 2.76 bits per heavy atom. The second-order valence-electron chi connectivity index (χ2n) is 4.14. The Bertz CT molecular complexity index is 710. The summed E-state index contributed by atoms with van der Waals surface area (Å²) in [5.74, 6) is -2.06. The van der Waals surface area contributed by atoms with Gasteiger partial charge in [-0.15, -0.1) is 0 Å². The number of nitrogens with two attached hydrogens (primary N) is 1. The Morgan fingerprint density at radius 2 is 2.05 bits per heavy atom. The molecule has 2 aromatic carbocycles. The highest BCUT2D eigenvalue weighted by Crippen LogP contribution is 2.24. The SMILES string of the molecule is Nc1cc(C(=O)OCc2cccc(Cl)c2F)c(Br)cc1F. The molecule has 0 bridgehead atoms. The number of halogens is 4. The normalized spacial score (nSPS) is 10.5. The standard InChI is InChI=1S/C14H9BrClF2NO2/c15-9-5-11(17)12(19)4-8(9)14(20)21-6-7-2-1-3-10(16)13(7)18/h1-5H,6,19H2. The van der Waals surface area contributed by atoms with Crippen LogP contribution in [0.2, 0.25) is 5.02 Å². The molecule has 0 aliphatic rings. The summed E-state index contributed by atoms with van der Waals surface area (Å²) in [4.78, 5) is 11.9. The molecule has 2 rings (SSSR count). The molecule has 0 fully saturated rings. The zero-order valence-electron chi connectivity index (χ0n) is 10.5. The summed E-state index contributed by atoms with van der Waals surface area (Å²) in [5, 5.41) is -0.0595. The van der Waals surface area contributed by atoms with E-state index in [0.29, 0.717) is 0 Å². The molecule has 3 nitrogen and oxygen atoms in total. The molecule has 21 heavy (non-hydrogen) atoms. The van der Waals surface area contributed by atoms with Crippen molar-refractivity contribution in [2.75, 3.05) is 5.73 Å². The number of carbonyl (C=O) groups is 1. The summed E-state index contributed by atoms with van der Waals surface area (Å²) < 4.78 is 32.0. The zero-order chi connectivity index (χ0) is 15.6. The zero-order valence-corrected chi connectivity index (χ0v) is 12.8. The number of rotatable bonds is 3. The van der Waals surface area contributed by atoms with Crippen molar-refractivity contribution < 1.29 is 18.3 Å². The van der Waals surface area contributed by atoms with Gasteiger partial charge in [-0.05, 0) is 34.1 Å². The average molecular weight is 377 g/mol. The van der Waals surface area contributed by atoms with Gasteiger partial charge in [-0.2, -0.15) is 0 Å². The molecule has 0 atom stereocenters. The first-order valence-corrected chi connectivity index (χ1v) is 6.91. The maximum absolute atomic E-state index is 13.6. The first-order valence-electron chi connectivity index (χ1n) is 5.74. The minimum absolute atomic E-state index is 0.0522. The van der Waals surface area contributed by atoms with Crippen LogP contribution >= 0.6 is 27.5 Å². The van der Waals surface area contributed by atoms with Crippen LogP contribution in [0, 0.1) is 11.6 Å². The van der Waals surface area contributed by atoms with Gasteiger partial charge < -0.3 is 10.5 Å². The van der Waals surface area contributed by atoms with E-state index in [1.807, 2.05) is 0 Å². The Labute approximate surface area is 132 Å². The van der Waals surface area contributed by atoms with E-state index < -0.39 is 17.6 Å². The van der Waals surface area contributed by atoms with Crippen molar-refractivity contribution in [3.8, 4) is 0 Å². The minimum atomic E-state index is -0.757. The van der Waals surface area contributed by atoms with Gasteiger partial charge in [-0.25, -0.2) is 13.6 Å². The van der Waals surface area contributed by atoms with Crippen LogP contribution in [0.4, 0.5) is 14.5 Å². The van der Waals surface area contributed by atoms with Crippen molar-refractivity contribution in [1.29, 1.82) is 0 Å². The van der Waals surface area contributed by atoms with Gasteiger partial charge in [0.05, 0.1) is 16.3 Å². The van der Waals surface area contributed by atoms with Crippen molar-refractivity contribution in [2.45, 2.75) is 6.61 Å². The summed E-state index contributed by atoms with van der Waals surface area (Å²) in [6, 6.07) is 6.59. The number of esters is 1. The van der Waals surface area contributed by atoms with E-state index in [1.54, 1.807) is 6.07 Å². The molecule has 0 aliphatic heterocycles. The second kappa shape index (κ2) is 6.41. The molecule has 0 saturated heterocycles. The lowest BCUT2D eigenvalue weighted by atomic mass is 10.2. The third kappa shape index (κ3) is 3.51. The number of ether oxygens (including phenoxy) is 1. The summed E-state index contributed by atoms with van der Waals surface area (Å²) in [6.45, 7) is -0.297. The van der Waals surface area contributed by atoms with Crippen LogP contribution in [0.5, 0.6) is 0 Å². The van der Waals surface area contributed by atoms with Gasteiger partial charge in [-0.3, -0.25) is 0 Å². The molecule has 0 saturated carbocycles. The Balaban J connectivity index is 2.16. The predicted molar refractivity (Wildman–Crippen MR) is 79.0 cm³/mol. The number of hydrogen-bond acceptors (Lipinski definition) is 3. The highest BCUT2D eigenvalue weighted by molar-refractivity contribution is 9.10. The van der Waals surface area contributed by atoms with Gasteiger partial charge in [0.25, 0.3) is 0 Å². The Morgan fingerprint density at radius 1 is 1.33 bits per heavy atom. The summed E-state index contributed by atoms with van der Waals surface area (Å²) in [5.41, 5.74) is 5.41. The molecular formula is C14H9BrClF2NO2. The average Bonchev–Trinajstić information content (AvgIpc) is 2.44. The van der Waals surface area contributed by atoms with Gasteiger partial charge in [0, 0.05) is 10.0 Å². The summed E-state index contributed by atoms with van der Waals surface area (Å²) in [6.07, 6.45) is 0. The monoisotopic (exact) mass is 375 g/mol. The largest absolute Gasteiger partial charge is 0.457 e. The van der Waals surface area contributed by atoms with Crippen molar-refractivity contribution in [3.63, 3.8) is 0 Å². The summed E-state index contributed by atoms with van der Waals surface area (Å²) >= 11 is 8.67. The molecule has 0 aliphatic carbocycles. The first-order chi connectivity index (χ1) is 9.90. The van der Waals surface area contributed by atoms with E-state index in [2.05, 4.69) is 15.9 Å². The number of nitrogen functional groups attached to an aromatic ring is 1. The van der Waals surface area contributed by atoms with E-state index in [0.717, 1.165) is 12.1 Å². The molecule has 0 amide bonds. The van der Waals surface area contributed by atoms with Crippen molar-refractivity contribution in [3.05, 3.63) is 62.6 Å². The van der Waals surface area contributed by atoms with E-state index >= 15 is 0 Å². The Hall–Kier alpha value is -1.66. The lowest BCUT2D eigenvalue weighted by molar-refractivity contribution is 0.0468. The van der Waals surface area contributed by atoms with E-state index in [9.17, 15) is 13.6 Å². The van der Waals surface area contributed by atoms with Crippen LogP contribution in [0.3, 0.4) is 0 Å². The lowest BCUT2D eigenvalue weighted by Gasteiger charge is -2.09. The molecular weight excluding hydrogens is 368 g/mol.